The molecule has 0 amide bonds. The van der Waals surface area contributed by atoms with Gasteiger partial charge in [0.2, 0.25) is 0 Å². The van der Waals surface area contributed by atoms with Crippen LogP contribution < -0.4 is 5.32 Å². The van der Waals surface area contributed by atoms with Crippen molar-refractivity contribution in [2.24, 2.45) is 5.92 Å². The molecule has 1 atom stereocenters. The van der Waals surface area contributed by atoms with Crippen molar-refractivity contribution in [3.8, 4) is 0 Å². The fourth-order valence-corrected chi connectivity index (χ4v) is 1.57. The van der Waals surface area contributed by atoms with Crippen molar-refractivity contribution in [2.45, 2.75) is 13.3 Å². The second-order valence-electron chi connectivity index (χ2n) is 3.73. The lowest BCUT2D eigenvalue weighted by atomic mass is 10.1. The Bertz CT molecular complexity index is 339. The summed E-state index contributed by atoms with van der Waals surface area (Å²) in [6.45, 7) is 3.88. The Balaban J connectivity index is 1.95. The molecule has 2 rings (SSSR count). The van der Waals surface area contributed by atoms with Crippen LogP contribution in [0.2, 0.25) is 0 Å². The third kappa shape index (κ3) is 2.41. The number of aryl methyl sites for hydroxylation is 1. The summed E-state index contributed by atoms with van der Waals surface area (Å²) < 4.78 is 18.7. The number of rotatable bonds is 3. The maximum atomic E-state index is 13.5. The van der Waals surface area contributed by atoms with E-state index in [1.165, 1.54) is 6.33 Å². The van der Waals surface area contributed by atoms with Gasteiger partial charge in [-0.2, -0.15) is 0 Å². The number of anilines is 1. The molecular formula is C10H14FN3O. The Hall–Kier alpha value is -1.23. The van der Waals surface area contributed by atoms with E-state index in [2.05, 4.69) is 15.3 Å². The van der Waals surface area contributed by atoms with Crippen LogP contribution in [0.15, 0.2) is 6.33 Å². The van der Waals surface area contributed by atoms with Gasteiger partial charge < -0.3 is 10.1 Å². The summed E-state index contributed by atoms with van der Waals surface area (Å²) in [4.78, 5) is 7.63. The zero-order valence-corrected chi connectivity index (χ0v) is 8.66. The van der Waals surface area contributed by atoms with Crippen LogP contribution in [0.5, 0.6) is 0 Å². The topological polar surface area (TPSA) is 47.0 Å². The molecule has 0 radical (unpaired) electrons. The molecule has 0 aliphatic carbocycles. The number of hydrogen-bond donors (Lipinski definition) is 1. The number of hydrogen-bond acceptors (Lipinski definition) is 4. The molecule has 15 heavy (non-hydrogen) atoms. The molecule has 1 saturated heterocycles. The van der Waals surface area contributed by atoms with Crippen molar-refractivity contribution in [2.75, 3.05) is 25.1 Å². The largest absolute Gasteiger partial charge is 0.381 e. The monoisotopic (exact) mass is 211 g/mol. The maximum absolute atomic E-state index is 13.5. The fraction of sp³-hybridized carbons (Fsp3) is 0.600. The second kappa shape index (κ2) is 4.53. The average Bonchev–Trinajstić information content (AvgIpc) is 2.73. The van der Waals surface area contributed by atoms with E-state index >= 15 is 0 Å². The Morgan fingerprint density at radius 1 is 1.60 bits per heavy atom. The van der Waals surface area contributed by atoms with E-state index in [1.807, 2.05) is 0 Å². The van der Waals surface area contributed by atoms with Gasteiger partial charge in [-0.1, -0.05) is 0 Å². The lowest BCUT2D eigenvalue weighted by Gasteiger charge is -2.10. The van der Waals surface area contributed by atoms with Gasteiger partial charge in [0.25, 0.3) is 0 Å². The minimum atomic E-state index is -0.364. The van der Waals surface area contributed by atoms with Gasteiger partial charge in [-0.15, -0.1) is 0 Å². The summed E-state index contributed by atoms with van der Waals surface area (Å²) in [6.07, 6.45) is 2.39. The first-order valence-corrected chi connectivity index (χ1v) is 5.06. The van der Waals surface area contributed by atoms with Gasteiger partial charge >= 0.3 is 0 Å². The van der Waals surface area contributed by atoms with Crippen molar-refractivity contribution in [3.63, 3.8) is 0 Å². The molecule has 1 unspecified atom stereocenters. The zero-order valence-electron chi connectivity index (χ0n) is 8.66. The predicted octanol–water partition coefficient (Wildman–Crippen LogP) is 1.37. The van der Waals surface area contributed by atoms with Crippen LogP contribution in [0, 0.1) is 18.7 Å². The minimum absolute atomic E-state index is 0.286. The number of ether oxygens (including phenoxy) is 1. The number of halogens is 1. The average molecular weight is 211 g/mol. The zero-order chi connectivity index (χ0) is 10.7. The quantitative estimate of drug-likeness (QED) is 0.820. The fourth-order valence-electron chi connectivity index (χ4n) is 1.57. The molecule has 1 aromatic rings. The molecule has 82 valence electrons. The number of nitrogens with one attached hydrogen (secondary N) is 1. The minimum Gasteiger partial charge on any atom is -0.381 e. The highest BCUT2D eigenvalue weighted by atomic mass is 19.1. The van der Waals surface area contributed by atoms with Crippen LogP contribution in [0.25, 0.3) is 0 Å². The highest BCUT2D eigenvalue weighted by Crippen LogP contribution is 2.15. The second-order valence-corrected chi connectivity index (χ2v) is 3.73. The van der Waals surface area contributed by atoms with Crippen LogP contribution in [0.3, 0.4) is 0 Å². The van der Waals surface area contributed by atoms with Crippen LogP contribution in [-0.4, -0.2) is 29.7 Å². The molecule has 5 heteroatoms. The summed E-state index contributed by atoms with van der Waals surface area (Å²) >= 11 is 0. The number of aromatic nitrogens is 2. The lowest BCUT2D eigenvalue weighted by Crippen LogP contribution is -2.16. The molecule has 1 fully saturated rings. The van der Waals surface area contributed by atoms with Gasteiger partial charge in [-0.05, 0) is 13.3 Å². The highest BCUT2D eigenvalue weighted by Gasteiger charge is 2.16. The van der Waals surface area contributed by atoms with Gasteiger partial charge in [-0.25, -0.2) is 14.4 Å². The summed E-state index contributed by atoms with van der Waals surface area (Å²) in [5, 5.41) is 2.99. The Morgan fingerprint density at radius 3 is 3.20 bits per heavy atom. The van der Waals surface area contributed by atoms with E-state index in [9.17, 15) is 4.39 Å². The van der Waals surface area contributed by atoms with Crippen LogP contribution >= 0.6 is 0 Å². The van der Waals surface area contributed by atoms with E-state index in [0.717, 1.165) is 19.6 Å². The molecular weight excluding hydrogens is 197 g/mol. The van der Waals surface area contributed by atoms with Gasteiger partial charge in [-0.3, -0.25) is 0 Å². The van der Waals surface area contributed by atoms with E-state index in [0.29, 0.717) is 18.2 Å². The molecule has 1 aliphatic heterocycles. The van der Waals surface area contributed by atoms with E-state index in [1.54, 1.807) is 6.92 Å². The first-order valence-electron chi connectivity index (χ1n) is 5.06. The van der Waals surface area contributed by atoms with E-state index < -0.39 is 0 Å². The normalized spacial score (nSPS) is 20.5. The SMILES string of the molecule is Cc1ncnc(NCC2CCOC2)c1F. The molecule has 0 bridgehead atoms. The lowest BCUT2D eigenvalue weighted by molar-refractivity contribution is 0.187. The van der Waals surface area contributed by atoms with Crippen molar-refractivity contribution >= 4 is 5.82 Å². The molecule has 0 aromatic carbocycles. The summed E-state index contributed by atoms with van der Waals surface area (Å²) in [7, 11) is 0. The molecule has 0 saturated carbocycles. The van der Waals surface area contributed by atoms with Crippen LogP contribution in [-0.2, 0) is 4.74 Å². The highest BCUT2D eigenvalue weighted by molar-refractivity contribution is 5.36. The van der Waals surface area contributed by atoms with E-state index in [4.69, 9.17) is 4.74 Å². The van der Waals surface area contributed by atoms with Gasteiger partial charge in [0.1, 0.15) is 6.33 Å². The maximum Gasteiger partial charge on any atom is 0.186 e. The van der Waals surface area contributed by atoms with Crippen molar-refractivity contribution < 1.29 is 9.13 Å². The Morgan fingerprint density at radius 2 is 2.47 bits per heavy atom. The molecule has 1 aromatic heterocycles. The Kier molecular flexibility index (Phi) is 3.11. The summed E-state index contributed by atoms with van der Waals surface area (Å²) in [5.41, 5.74) is 0.371. The first kappa shape index (κ1) is 10.3. The molecule has 1 aliphatic rings. The summed E-state index contributed by atoms with van der Waals surface area (Å²) in [6, 6.07) is 0. The molecule has 2 heterocycles. The first-order chi connectivity index (χ1) is 7.27. The van der Waals surface area contributed by atoms with Crippen molar-refractivity contribution in [1.29, 1.82) is 0 Å². The van der Waals surface area contributed by atoms with Gasteiger partial charge in [0.15, 0.2) is 11.6 Å². The predicted molar refractivity (Wildman–Crippen MR) is 54.1 cm³/mol. The smallest absolute Gasteiger partial charge is 0.186 e. The third-order valence-corrected chi connectivity index (χ3v) is 2.55. The molecule has 1 N–H and O–H groups in total. The Labute approximate surface area is 87.9 Å². The molecule has 4 nitrogen and oxygen atoms in total. The summed E-state index contributed by atoms with van der Waals surface area (Å²) in [5.74, 6) is 0.380. The molecule has 0 spiro atoms. The third-order valence-electron chi connectivity index (χ3n) is 2.55. The van der Waals surface area contributed by atoms with Crippen LogP contribution in [0.1, 0.15) is 12.1 Å². The van der Waals surface area contributed by atoms with Gasteiger partial charge in [0.05, 0.1) is 12.3 Å². The standard InChI is InChI=1S/C10H14FN3O/c1-7-9(11)10(14-6-13-7)12-4-8-2-3-15-5-8/h6,8H,2-5H2,1H3,(H,12,13,14). The number of nitrogens with zero attached hydrogens (tertiary/aromatic N) is 2. The van der Waals surface area contributed by atoms with Gasteiger partial charge in [0, 0.05) is 19.1 Å². The van der Waals surface area contributed by atoms with E-state index in [-0.39, 0.29) is 11.6 Å². The van der Waals surface area contributed by atoms with Crippen LogP contribution in [0.4, 0.5) is 10.2 Å². The van der Waals surface area contributed by atoms with Crippen molar-refractivity contribution in [3.05, 3.63) is 17.8 Å². The van der Waals surface area contributed by atoms with Crippen molar-refractivity contribution in [1.82, 2.24) is 9.97 Å².